The molecule has 0 aliphatic heterocycles. The maximum atomic E-state index is 12.0. The van der Waals surface area contributed by atoms with Gasteiger partial charge in [-0.2, -0.15) is 0 Å². The van der Waals surface area contributed by atoms with Gasteiger partial charge in [0.2, 0.25) is 0 Å². The fourth-order valence-corrected chi connectivity index (χ4v) is 2.35. The molecule has 0 fully saturated rings. The van der Waals surface area contributed by atoms with Crippen molar-refractivity contribution in [1.29, 1.82) is 0 Å². The van der Waals surface area contributed by atoms with Crippen LogP contribution < -0.4 is 10.1 Å². The topological polar surface area (TPSA) is 125 Å². The molecule has 2 aromatic carbocycles. The summed E-state index contributed by atoms with van der Waals surface area (Å²) in [6.07, 6.45) is -0.172. The number of nitro benzene ring substituents is 1. The van der Waals surface area contributed by atoms with Crippen LogP contribution in [0.25, 0.3) is 0 Å². The van der Waals surface area contributed by atoms with Gasteiger partial charge in [0.1, 0.15) is 5.75 Å². The fourth-order valence-electron chi connectivity index (χ4n) is 2.35. The number of benzene rings is 2. The predicted octanol–water partition coefficient (Wildman–Crippen LogP) is 2.53. The van der Waals surface area contributed by atoms with E-state index in [0.29, 0.717) is 22.6 Å². The van der Waals surface area contributed by atoms with Gasteiger partial charge in [0.25, 0.3) is 11.6 Å². The average molecular weight is 386 g/mol. The van der Waals surface area contributed by atoms with E-state index < -0.39 is 23.4 Å². The smallest absolute Gasteiger partial charge is 0.310 e. The van der Waals surface area contributed by atoms with Crippen LogP contribution in [0.3, 0.4) is 0 Å². The number of hydrogen-bond acceptors (Lipinski definition) is 7. The number of carbonyl (C=O) groups is 3. The second kappa shape index (κ2) is 9.26. The van der Waals surface area contributed by atoms with E-state index in [4.69, 9.17) is 9.47 Å². The van der Waals surface area contributed by atoms with Crippen LogP contribution in [0, 0.1) is 10.1 Å². The molecule has 0 spiro atoms. The van der Waals surface area contributed by atoms with Gasteiger partial charge in [-0.3, -0.25) is 24.5 Å². The molecule has 9 nitrogen and oxygen atoms in total. The van der Waals surface area contributed by atoms with Crippen molar-refractivity contribution in [3.8, 4) is 5.75 Å². The number of nitro groups is 1. The lowest BCUT2D eigenvalue weighted by Gasteiger charge is -2.10. The molecule has 0 aliphatic carbocycles. The number of nitrogens with one attached hydrogen (secondary N) is 1. The number of rotatable bonds is 8. The van der Waals surface area contributed by atoms with Crippen molar-refractivity contribution in [2.75, 3.05) is 19.0 Å². The maximum absolute atomic E-state index is 12.0. The summed E-state index contributed by atoms with van der Waals surface area (Å²) >= 11 is 0. The molecule has 0 heterocycles. The first kappa shape index (κ1) is 20.6. The Hall–Kier alpha value is -3.75. The molecule has 0 aliphatic rings. The van der Waals surface area contributed by atoms with E-state index >= 15 is 0 Å². The highest BCUT2D eigenvalue weighted by atomic mass is 16.6. The third-order valence-corrected chi connectivity index (χ3v) is 3.75. The molecule has 9 heteroatoms. The number of non-ortho nitro benzene ring substituents is 1. The average Bonchev–Trinajstić information content (AvgIpc) is 2.66. The first-order chi connectivity index (χ1) is 13.3. The number of ether oxygens (including phenoxy) is 2. The quantitative estimate of drug-likeness (QED) is 0.320. The molecule has 146 valence electrons. The summed E-state index contributed by atoms with van der Waals surface area (Å²) in [6.45, 7) is 0.886. The molecule has 1 amide bonds. The van der Waals surface area contributed by atoms with Crippen molar-refractivity contribution >= 4 is 29.0 Å². The van der Waals surface area contributed by atoms with Gasteiger partial charge in [-0.05, 0) is 37.3 Å². The summed E-state index contributed by atoms with van der Waals surface area (Å²) in [5.74, 6) is -0.985. The lowest BCUT2D eigenvalue weighted by atomic mass is 10.0. The van der Waals surface area contributed by atoms with E-state index in [0.717, 1.165) is 0 Å². The van der Waals surface area contributed by atoms with Gasteiger partial charge in [-0.15, -0.1) is 0 Å². The minimum Gasteiger partial charge on any atom is -0.496 e. The number of nitrogens with zero attached hydrogens (tertiary/aromatic N) is 1. The number of methoxy groups -OCH3 is 1. The Bertz CT molecular complexity index is 907. The van der Waals surface area contributed by atoms with Gasteiger partial charge in [-0.25, -0.2) is 0 Å². The van der Waals surface area contributed by atoms with Gasteiger partial charge in [-0.1, -0.05) is 0 Å². The molecule has 0 bridgehead atoms. The Balaban J connectivity index is 1.91. The highest BCUT2D eigenvalue weighted by molar-refractivity contribution is 5.95. The van der Waals surface area contributed by atoms with Crippen molar-refractivity contribution in [3.05, 3.63) is 63.7 Å². The molecule has 1 N–H and O–H groups in total. The number of amides is 1. The zero-order valence-electron chi connectivity index (χ0n) is 15.3. The van der Waals surface area contributed by atoms with Gasteiger partial charge in [0.15, 0.2) is 12.4 Å². The monoisotopic (exact) mass is 386 g/mol. The minimum absolute atomic E-state index is 0.105. The Labute approximate surface area is 160 Å². The zero-order chi connectivity index (χ0) is 20.7. The second-order valence-electron chi connectivity index (χ2n) is 5.77. The van der Waals surface area contributed by atoms with Gasteiger partial charge in [0, 0.05) is 28.9 Å². The largest absolute Gasteiger partial charge is 0.496 e. The Morgan fingerprint density at radius 1 is 1.11 bits per heavy atom. The lowest BCUT2D eigenvalue weighted by molar-refractivity contribution is -0.384. The Kier molecular flexibility index (Phi) is 6.80. The number of esters is 1. The van der Waals surface area contributed by atoms with Crippen molar-refractivity contribution in [3.63, 3.8) is 0 Å². The van der Waals surface area contributed by atoms with E-state index in [1.54, 1.807) is 18.2 Å². The van der Waals surface area contributed by atoms with Crippen molar-refractivity contribution in [2.24, 2.45) is 0 Å². The van der Waals surface area contributed by atoms with E-state index in [1.165, 1.54) is 38.3 Å². The number of hydrogen-bond donors (Lipinski definition) is 1. The fraction of sp³-hybridized carbons (Fsp3) is 0.211. The highest BCUT2D eigenvalue weighted by Crippen LogP contribution is 2.21. The molecule has 0 unspecified atom stereocenters. The molecular formula is C19H18N2O7. The summed E-state index contributed by atoms with van der Waals surface area (Å²) in [5.41, 5.74) is 1.13. The predicted molar refractivity (Wildman–Crippen MR) is 99.4 cm³/mol. The zero-order valence-corrected chi connectivity index (χ0v) is 15.3. The van der Waals surface area contributed by atoms with E-state index in [-0.39, 0.29) is 17.9 Å². The number of carbonyl (C=O) groups excluding carboxylic acids is 3. The summed E-state index contributed by atoms with van der Waals surface area (Å²) in [4.78, 5) is 45.4. The van der Waals surface area contributed by atoms with Crippen LogP contribution in [-0.4, -0.2) is 36.3 Å². The highest BCUT2D eigenvalue weighted by Gasteiger charge is 2.14. The first-order valence-electron chi connectivity index (χ1n) is 8.18. The summed E-state index contributed by atoms with van der Waals surface area (Å²) < 4.78 is 10.1. The molecule has 0 aromatic heterocycles. The molecule has 2 rings (SSSR count). The molecule has 0 radical (unpaired) electrons. The molecule has 28 heavy (non-hydrogen) atoms. The third-order valence-electron chi connectivity index (χ3n) is 3.75. The van der Waals surface area contributed by atoms with Crippen LogP contribution in [0.2, 0.25) is 0 Å². The molecular weight excluding hydrogens is 368 g/mol. The Morgan fingerprint density at radius 2 is 1.79 bits per heavy atom. The Morgan fingerprint density at radius 3 is 2.36 bits per heavy atom. The second-order valence-corrected chi connectivity index (χ2v) is 5.77. The molecule has 0 saturated heterocycles. The SMILES string of the molecule is COc1ccc(C(C)=O)cc1CC(=O)OCC(=O)Nc1ccc([N+](=O)[O-])cc1. The third kappa shape index (κ3) is 5.63. The number of Topliss-reactive ketones (excluding diaryl/α,β-unsaturated/α-hetero) is 1. The van der Waals surface area contributed by atoms with Crippen molar-refractivity contribution in [1.82, 2.24) is 0 Å². The molecule has 2 aromatic rings. The van der Waals surface area contributed by atoms with Crippen molar-refractivity contribution < 1.29 is 28.8 Å². The van der Waals surface area contributed by atoms with Gasteiger partial charge < -0.3 is 14.8 Å². The maximum Gasteiger partial charge on any atom is 0.310 e. The molecule has 0 atom stereocenters. The summed E-state index contributed by atoms with van der Waals surface area (Å²) in [7, 11) is 1.44. The summed E-state index contributed by atoms with van der Waals surface area (Å²) in [6, 6.07) is 9.95. The van der Waals surface area contributed by atoms with Gasteiger partial charge >= 0.3 is 5.97 Å². The normalized spacial score (nSPS) is 10.1. The van der Waals surface area contributed by atoms with Crippen molar-refractivity contribution in [2.45, 2.75) is 13.3 Å². The van der Waals surface area contributed by atoms with Crippen LogP contribution in [0.4, 0.5) is 11.4 Å². The summed E-state index contributed by atoms with van der Waals surface area (Å²) in [5, 5.41) is 13.1. The van der Waals surface area contributed by atoms with Gasteiger partial charge in [0.05, 0.1) is 18.5 Å². The number of ketones is 1. The van der Waals surface area contributed by atoms with E-state index in [9.17, 15) is 24.5 Å². The van der Waals surface area contributed by atoms with Crippen LogP contribution >= 0.6 is 0 Å². The number of anilines is 1. The standard InChI is InChI=1S/C19H18N2O7/c1-12(22)13-3-8-17(27-2)14(9-13)10-19(24)28-11-18(23)20-15-4-6-16(7-5-15)21(25)26/h3-9H,10-11H2,1-2H3,(H,20,23). The van der Waals surface area contributed by atoms with Crippen LogP contribution in [0.15, 0.2) is 42.5 Å². The minimum atomic E-state index is -0.669. The first-order valence-corrected chi connectivity index (χ1v) is 8.18. The van der Waals surface area contributed by atoms with Crippen LogP contribution in [0.1, 0.15) is 22.8 Å². The lowest BCUT2D eigenvalue weighted by Crippen LogP contribution is -2.21. The van der Waals surface area contributed by atoms with Crippen LogP contribution in [0.5, 0.6) is 5.75 Å². The van der Waals surface area contributed by atoms with E-state index in [2.05, 4.69) is 5.32 Å². The molecule has 0 saturated carbocycles. The van der Waals surface area contributed by atoms with E-state index in [1.807, 2.05) is 0 Å². The van der Waals surface area contributed by atoms with Crippen LogP contribution in [-0.2, 0) is 20.7 Å².